The van der Waals surface area contributed by atoms with Crippen LogP contribution >= 0.6 is 11.6 Å². The van der Waals surface area contributed by atoms with Crippen LogP contribution in [0.3, 0.4) is 0 Å². The van der Waals surface area contributed by atoms with Crippen molar-refractivity contribution in [1.29, 1.82) is 0 Å². The van der Waals surface area contributed by atoms with Crippen LogP contribution in [0.25, 0.3) is 5.69 Å². The second kappa shape index (κ2) is 4.85. The van der Waals surface area contributed by atoms with Gasteiger partial charge in [-0.15, -0.1) is 0 Å². The molecule has 1 heterocycles. The number of nitrogens with zero attached hydrogens (tertiary/aromatic N) is 1. The molecular formula is C13H9ClFNO3. The van der Waals surface area contributed by atoms with E-state index in [0.717, 1.165) is 6.07 Å². The van der Waals surface area contributed by atoms with Gasteiger partial charge in [-0.1, -0.05) is 11.6 Å². The molecule has 0 aliphatic heterocycles. The Bertz CT molecular complexity index is 679. The summed E-state index contributed by atoms with van der Waals surface area (Å²) in [6.07, 6.45) is 1.37. The van der Waals surface area contributed by atoms with Gasteiger partial charge in [-0.2, -0.15) is 0 Å². The number of hydrogen-bond donors (Lipinski definition) is 1. The molecule has 1 N–H and O–H groups in total. The van der Waals surface area contributed by atoms with Crippen molar-refractivity contribution < 1.29 is 19.1 Å². The Hall–Kier alpha value is -2.14. The molecule has 0 spiro atoms. The van der Waals surface area contributed by atoms with E-state index >= 15 is 0 Å². The summed E-state index contributed by atoms with van der Waals surface area (Å²) in [5.74, 6) is -1.99. The third-order valence-corrected chi connectivity index (χ3v) is 2.92. The fourth-order valence-corrected chi connectivity index (χ4v) is 1.95. The first-order valence-electron chi connectivity index (χ1n) is 5.32. The lowest BCUT2D eigenvalue weighted by Crippen LogP contribution is -2.06. The monoisotopic (exact) mass is 281 g/mol. The number of carboxylic acid groups (broad SMARTS) is 1. The van der Waals surface area contributed by atoms with Gasteiger partial charge in [-0.25, -0.2) is 9.18 Å². The van der Waals surface area contributed by atoms with Crippen molar-refractivity contribution in [3.05, 3.63) is 52.6 Å². The molecule has 2 aromatic rings. The van der Waals surface area contributed by atoms with Crippen LogP contribution in [0.5, 0.6) is 0 Å². The zero-order chi connectivity index (χ0) is 14.2. The number of hydrogen-bond acceptors (Lipinski definition) is 2. The highest BCUT2D eigenvalue weighted by molar-refractivity contribution is 6.32. The molecule has 0 saturated carbocycles. The second-order valence-corrected chi connectivity index (χ2v) is 4.35. The predicted octanol–water partition coefficient (Wildman–Crippen LogP) is 3.17. The van der Waals surface area contributed by atoms with Crippen LogP contribution < -0.4 is 0 Å². The molecule has 0 radical (unpaired) electrons. The molecule has 0 bridgehead atoms. The first kappa shape index (κ1) is 13.3. The third kappa shape index (κ3) is 2.51. The lowest BCUT2D eigenvalue weighted by molar-refractivity contribution is 0.0688. The normalized spacial score (nSPS) is 10.5. The van der Waals surface area contributed by atoms with Crippen molar-refractivity contribution in [1.82, 2.24) is 4.57 Å². The number of aromatic carboxylic acids is 1. The van der Waals surface area contributed by atoms with E-state index in [1.165, 1.54) is 35.9 Å². The fraction of sp³-hybridized carbons (Fsp3) is 0.0769. The molecule has 2 rings (SSSR count). The molecule has 1 aromatic carbocycles. The van der Waals surface area contributed by atoms with Gasteiger partial charge < -0.3 is 9.67 Å². The number of aromatic nitrogens is 1. The summed E-state index contributed by atoms with van der Waals surface area (Å²) in [4.78, 5) is 22.5. The Labute approximate surface area is 113 Å². The summed E-state index contributed by atoms with van der Waals surface area (Å²) in [5, 5.41) is 9.18. The van der Waals surface area contributed by atoms with Gasteiger partial charge in [0, 0.05) is 11.8 Å². The van der Waals surface area contributed by atoms with Crippen LogP contribution in [0.4, 0.5) is 4.39 Å². The molecule has 0 saturated heterocycles. The SMILES string of the molecule is CC(=O)c1cc(C(=O)O)n(-c2ccc(F)cc2Cl)c1. The highest BCUT2D eigenvalue weighted by Crippen LogP contribution is 2.24. The highest BCUT2D eigenvalue weighted by atomic mass is 35.5. The van der Waals surface area contributed by atoms with Crippen LogP contribution in [-0.2, 0) is 0 Å². The summed E-state index contributed by atoms with van der Waals surface area (Å²) >= 11 is 5.89. The van der Waals surface area contributed by atoms with Gasteiger partial charge in [0.15, 0.2) is 5.78 Å². The average Bonchev–Trinajstić information content (AvgIpc) is 2.73. The van der Waals surface area contributed by atoms with Crippen LogP contribution in [0.1, 0.15) is 27.8 Å². The summed E-state index contributed by atoms with van der Waals surface area (Å²) in [5.41, 5.74) is 0.435. The number of ketones is 1. The number of carbonyl (C=O) groups excluding carboxylic acids is 1. The number of halogens is 2. The van der Waals surface area contributed by atoms with E-state index in [0.29, 0.717) is 5.69 Å². The Balaban J connectivity index is 2.66. The summed E-state index contributed by atoms with van der Waals surface area (Å²) in [6.45, 7) is 1.33. The lowest BCUT2D eigenvalue weighted by Gasteiger charge is -2.08. The Kier molecular flexibility index (Phi) is 3.40. The fourth-order valence-electron chi connectivity index (χ4n) is 1.70. The summed E-state index contributed by atoms with van der Waals surface area (Å²) in [7, 11) is 0. The van der Waals surface area contributed by atoms with Crippen molar-refractivity contribution in [2.45, 2.75) is 6.92 Å². The quantitative estimate of drug-likeness (QED) is 0.879. The van der Waals surface area contributed by atoms with E-state index in [1.807, 2.05) is 0 Å². The van der Waals surface area contributed by atoms with Gasteiger partial charge in [0.1, 0.15) is 11.5 Å². The molecule has 4 nitrogen and oxygen atoms in total. The van der Waals surface area contributed by atoms with Crippen molar-refractivity contribution in [3.63, 3.8) is 0 Å². The zero-order valence-electron chi connectivity index (χ0n) is 9.85. The standard InChI is InChI=1S/C13H9ClFNO3/c1-7(17)8-4-12(13(18)19)16(6-8)11-3-2-9(15)5-10(11)14/h2-6H,1H3,(H,18,19). The van der Waals surface area contributed by atoms with Crippen molar-refractivity contribution in [2.24, 2.45) is 0 Å². The third-order valence-electron chi connectivity index (χ3n) is 2.61. The molecule has 0 atom stereocenters. The summed E-state index contributed by atoms with van der Waals surface area (Å²) < 4.78 is 14.2. The number of carboxylic acids is 1. The molecule has 19 heavy (non-hydrogen) atoms. The molecular weight excluding hydrogens is 273 g/mol. The molecule has 0 aliphatic rings. The molecule has 6 heteroatoms. The average molecular weight is 282 g/mol. The molecule has 0 amide bonds. The highest BCUT2D eigenvalue weighted by Gasteiger charge is 2.17. The van der Waals surface area contributed by atoms with Crippen LogP contribution in [0, 0.1) is 5.82 Å². The van der Waals surface area contributed by atoms with Gasteiger partial charge in [0.2, 0.25) is 0 Å². The second-order valence-electron chi connectivity index (χ2n) is 3.94. The number of rotatable bonds is 3. The van der Waals surface area contributed by atoms with E-state index in [-0.39, 0.29) is 22.1 Å². The Morgan fingerprint density at radius 3 is 2.53 bits per heavy atom. The Morgan fingerprint density at radius 2 is 2.00 bits per heavy atom. The van der Waals surface area contributed by atoms with E-state index < -0.39 is 11.8 Å². The van der Waals surface area contributed by atoms with Gasteiger partial charge in [-0.3, -0.25) is 4.79 Å². The van der Waals surface area contributed by atoms with Gasteiger partial charge >= 0.3 is 5.97 Å². The van der Waals surface area contributed by atoms with Crippen LogP contribution in [-0.4, -0.2) is 21.4 Å². The number of carbonyl (C=O) groups is 2. The molecule has 0 fully saturated rings. The van der Waals surface area contributed by atoms with E-state index in [1.54, 1.807) is 0 Å². The minimum Gasteiger partial charge on any atom is -0.477 e. The number of Topliss-reactive ketones (excluding diaryl/α,β-unsaturated/α-hetero) is 1. The smallest absolute Gasteiger partial charge is 0.352 e. The maximum Gasteiger partial charge on any atom is 0.352 e. The first-order chi connectivity index (χ1) is 8.90. The molecule has 0 aliphatic carbocycles. The van der Waals surface area contributed by atoms with Crippen molar-refractivity contribution >= 4 is 23.4 Å². The summed E-state index contributed by atoms with van der Waals surface area (Å²) in [6, 6.07) is 4.86. The topological polar surface area (TPSA) is 59.3 Å². The maximum absolute atomic E-state index is 13.0. The first-order valence-corrected chi connectivity index (χ1v) is 5.70. The minimum atomic E-state index is -1.20. The maximum atomic E-state index is 13.0. The van der Waals surface area contributed by atoms with E-state index in [2.05, 4.69) is 0 Å². The van der Waals surface area contributed by atoms with Gasteiger partial charge in [0.25, 0.3) is 0 Å². The zero-order valence-corrected chi connectivity index (χ0v) is 10.6. The van der Waals surface area contributed by atoms with Gasteiger partial charge in [-0.05, 0) is 31.2 Å². The van der Waals surface area contributed by atoms with Crippen LogP contribution in [0.2, 0.25) is 5.02 Å². The van der Waals surface area contributed by atoms with E-state index in [9.17, 15) is 14.0 Å². The molecule has 98 valence electrons. The predicted molar refractivity (Wildman–Crippen MR) is 67.7 cm³/mol. The number of benzene rings is 1. The van der Waals surface area contributed by atoms with E-state index in [4.69, 9.17) is 16.7 Å². The van der Waals surface area contributed by atoms with Gasteiger partial charge in [0.05, 0.1) is 10.7 Å². The lowest BCUT2D eigenvalue weighted by atomic mass is 10.2. The van der Waals surface area contributed by atoms with Crippen molar-refractivity contribution in [2.75, 3.05) is 0 Å². The Morgan fingerprint density at radius 1 is 1.32 bits per heavy atom. The minimum absolute atomic E-state index is 0.0632. The molecule has 0 unspecified atom stereocenters. The van der Waals surface area contributed by atoms with Crippen LogP contribution in [0.15, 0.2) is 30.5 Å². The van der Waals surface area contributed by atoms with Crippen molar-refractivity contribution in [3.8, 4) is 5.69 Å². The molecule has 1 aromatic heterocycles. The largest absolute Gasteiger partial charge is 0.477 e.